The van der Waals surface area contributed by atoms with Gasteiger partial charge in [-0.3, -0.25) is 4.79 Å². The first kappa shape index (κ1) is 12.9. The Labute approximate surface area is 115 Å². The van der Waals surface area contributed by atoms with Gasteiger partial charge in [0, 0.05) is 6.07 Å². The van der Waals surface area contributed by atoms with E-state index in [0.29, 0.717) is 0 Å². The van der Waals surface area contributed by atoms with Crippen LogP contribution in [0.1, 0.15) is 16.4 Å². The van der Waals surface area contributed by atoms with Gasteiger partial charge in [0.1, 0.15) is 24.1 Å². The summed E-state index contributed by atoms with van der Waals surface area (Å²) in [5.41, 5.74) is -0.640. The first-order valence-electron chi connectivity index (χ1n) is 5.75. The van der Waals surface area contributed by atoms with Crippen LogP contribution in [0.4, 0.5) is 4.39 Å². The normalized spacial score (nSPS) is 10.9. The standard InChI is InChI=1S/C12H7FN4O4/c13-6-1-2-7-8(3-6)15-16-17(11(7)18)4-10-14-9(5-21-10)12(19)20/h1-3,5H,4H2,(H,19,20). The fraction of sp³-hybridized carbons (Fsp3) is 0.0833. The fourth-order valence-electron chi connectivity index (χ4n) is 1.76. The number of benzene rings is 1. The summed E-state index contributed by atoms with van der Waals surface area (Å²) in [6.45, 7) is -0.174. The van der Waals surface area contributed by atoms with Crippen molar-refractivity contribution >= 4 is 16.9 Å². The summed E-state index contributed by atoms with van der Waals surface area (Å²) in [4.78, 5) is 26.5. The predicted octanol–water partition coefficient (Wildman–Crippen LogP) is 0.665. The molecule has 0 atom stereocenters. The third-order valence-electron chi connectivity index (χ3n) is 2.74. The largest absolute Gasteiger partial charge is 0.476 e. The number of carbonyl (C=O) groups is 1. The van der Waals surface area contributed by atoms with Crippen molar-refractivity contribution in [2.24, 2.45) is 0 Å². The van der Waals surface area contributed by atoms with Crippen molar-refractivity contribution in [1.29, 1.82) is 0 Å². The van der Waals surface area contributed by atoms with Crippen LogP contribution < -0.4 is 5.56 Å². The second kappa shape index (κ2) is 4.78. The van der Waals surface area contributed by atoms with Crippen LogP contribution in [-0.2, 0) is 6.54 Å². The molecule has 0 bridgehead atoms. The Kier molecular flexibility index (Phi) is 2.94. The van der Waals surface area contributed by atoms with Crippen molar-refractivity contribution in [3.63, 3.8) is 0 Å². The van der Waals surface area contributed by atoms with Gasteiger partial charge in [0.25, 0.3) is 5.56 Å². The maximum atomic E-state index is 13.0. The number of rotatable bonds is 3. The van der Waals surface area contributed by atoms with E-state index in [0.717, 1.165) is 23.1 Å². The minimum Gasteiger partial charge on any atom is -0.476 e. The third-order valence-corrected chi connectivity index (χ3v) is 2.74. The lowest BCUT2D eigenvalue weighted by molar-refractivity contribution is 0.0690. The molecular weight excluding hydrogens is 283 g/mol. The molecule has 8 nitrogen and oxygen atoms in total. The molecule has 0 aliphatic carbocycles. The Morgan fingerprint density at radius 2 is 2.24 bits per heavy atom. The minimum atomic E-state index is -1.24. The Morgan fingerprint density at radius 3 is 2.95 bits per heavy atom. The molecule has 3 aromatic rings. The second-order valence-electron chi connectivity index (χ2n) is 4.15. The molecule has 106 valence electrons. The van der Waals surface area contributed by atoms with Crippen LogP contribution >= 0.6 is 0 Å². The van der Waals surface area contributed by atoms with Crippen LogP contribution in [0.2, 0.25) is 0 Å². The molecular formula is C12H7FN4O4. The van der Waals surface area contributed by atoms with Crippen LogP contribution in [0.25, 0.3) is 10.9 Å². The fourth-order valence-corrected chi connectivity index (χ4v) is 1.76. The van der Waals surface area contributed by atoms with E-state index < -0.39 is 17.3 Å². The Hall–Kier alpha value is -3.10. The zero-order valence-corrected chi connectivity index (χ0v) is 10.4. The molecule has 0 unspecified atom stereocenters. The minimum absolute atomic E-state index is 0.00487. The molecule has 0 spiro atoms. The van der Waals surface area contributed by atoms with Gasteiger partial charge in [0.15, 0.2) is 5.69 Å². The van der Waals surface area contributed by atoms with Gasteiger partial charge >= 0.3 is 5.97 Å². The first-order valence-corrected chi connectivity index (χ1v) is 5.75. The lowest BCUT2D eigenvalue weighted by Gasteiger charge is -2.02. The molecule has 9 heteroatoms. The zero-order chi connectivity index (χ0) is 15.0. The molecule has 0 amide bonds. The van der Waals surface area contributed by atoms with Gasteiger partial charge in [-0.25, -0.2) is 18.9 Å². The van der Waals surface area contributed by atoms with E-state index in [9.17, 15) is 14.0 Å². The van der Waals surface area contributed by atoms with E-state index in [1.54, 1.807) is 0 Å². The van der Waals surface area contributed by atoms with Gasteiger partial charge in [0.2, 0.25) is 5.89 Å². The highest BCUT2D eigenvalue weighted by Crippen LogP contribution is 2.08. The predicted molar refractivity (Wildman–Crippen MR) is 66.3 cm³/mol. The average molecular weight is 290 g/mol. The topological polar surface area (TPSA) is 111 Å². The lowest BCUT2D eigenvalue weighted by atomic mass is 10.2. The summed E-state index contributed by atoms with van der Waals surface area (Å²) in [6.07, 6.45) is 0.965. The van der Waals surface area contributed by atoms with Crippen LogP contribution in [-0.4, -0.2) is 31.1 Å². The van der Waals surface area contributed by atoms with Crippen molar-refractivity contribution in [1.82, 2.24) is 20.0 Å². The summed E-state index contributed by atoms with van der Waals surface area (Å²) in [5, 5.41) is 16.3. The number of aromatic carboxylic acids is 1. The van der Waals surface area contributed by atoms with Crippen molar-refractivity contribution < 1.29 is 18.7 Å². The molecule has 21 heavy (non-hydrogen) atoms. The Bertz CT molecular complexity index is 902. The maximum Gasteiger partial charge on any atom is 0.357 e. The van der Waals surface area contributed by atoms with E-state index in [1.165, 1.54) is 6.07 Å². The number of oxazole rings is 1. The molecule has 1 N–H and O–H groups in total. The molecule has 2 aromatic heterocycles. The van der Waals surface area contributed by atoms with E-state index in [-0.39, 0.29) is 29.0 Å². The molecule has 0 aliphatic rings. The Balaban J connectivity index is 2.00. The summed E-state index contributed by atoms with van der Waals surface area (Å²) in [6, 6.07) is 3.54. The second-order valence-corrected chi connectivity index (χ2v) is 4.15. The highest BCUT2D eigenvalue weighted by atomic mass is 19.1. The average Bonchev–Trinajstić information content (AvgIpc) is 2.91. The van der Waals surface area contributed by atoms with Gasteiger partial charge < -0.3 is 9.52 Å². The number of carboxylic acid groups (broad SMARTS) is 1. The number of nitrogens with zero attached hydrogens (tertiary/aromatic N) is 4. The van der Waals surface area contributed by atoms with E-state index in [1.807, 2.05) is 0 Å². The molecule has 0 radical (unpaired) electrons. The van der Waals surface area contributed by atoms with Crippen molar-refractivity contribution in [2.45, 2.75) is 6.54 Å². The number of fused-ring (bicyclic) bond motifs is 1. The number of carboxylic acids is 1. The van der Waals surface area contributed by atoms with Gasteiger partial charge in [-0.1, -0.05) is 5.21 Å². The van der Waals surface area contributed by atoms with Crippen molar-refractivity contribution in [3.8, 4) is 0 Å². The lowest BCUT2D eigenvalue weighted by Crippen LogP contribution is -2.25. The molecule has 2 heterocycles. The summed E-state index contributed by atoms with van der Waals surface area (Å²) >= 11 is 0. The summed E-state index contributed by atoms with van der Waals surface area (Å²) in [7, 11) is 0. The molecule has 0 saturated carbocycles. The number of aromatic nitrogens is 4. The quantitative estimate of drug-likeness (QED) is 0.754. The monoisotopic (exact) mass is 290 g/mol. The van der Waals surface area contributed by atoms with Crippen LogP contribution in [0.5, 0.6) is 0 Å². The van der Waals surface area contributed by atoms with Gasteiger partial charge in [-0.2, -0.15) is 0 Å². The molecule has 1 aromatic carbocycles. The SMILES string of the molecule is O=C(O)c1coc(Cn2nnc3cc(F)ccc3c2=O)n1. The van der Waals surface area contributed by atoms with Gasteiger partial charge in [-0.15, -0.1) is 5.10 Å². The molecule has 3 rings (SSSR count). The number of hydrogen-bond acceptors (Lipinski definition) is 6. The summed E-state index contributed by atoms with van der Waals surface area (Å²) in [5.74, 6) is -1.75. The van der Waals surface area contributed by atoms with Crippen LogP contribution in [0.15, 0.2) is 33.7 Å². The molecule has 0 fully saturated rings. The number of hydrogen-bond donors (Lipinski definition) is 1. The van der Waals surface area contributed by atoms with Gasteiger partial charge in [-0.05, 0) is 12.1 Å². The van der Waals surface area contributed by atoms with E-state index in [2.05, 4.69) is 15.3 Å². The highest BCUT2D eigenvalue weighted by molar-refractivity contribution is 5.84. The molecule has 0 aliphatic heterocycles. The third kappa shape index (κ3) is 2.36. The van der Waals surface area contributed by atoms with Crippen molar-refractivity contribution in [3.05, 3.63) is 52.2 Å². The summed E-state index contributed by atoms with van der Waals surface area (Å²) < 4.78 is 18.9. The van der Waals surface area contributed by atoms with E-state index in [4.69, 9.17) is 9.52 Å². The first-order chi connectivity index (χ1) is 10.0. The van der Waals surface area contributed by atoms with Crippen LogP contribution in [0.3, 0.4) is 0 Å². The smallest absolute Gasteiger partial charge is 0.357 e. The number of halogens is 1. The highest BCUT2D eigenvalue weighted by Gasteiger charge is 2.13. The van der Waals surface area contributed by atoms with Gasteiger partial charge in [0.05, 0.1) is 5.39 Å². The molecule has 0 saturated heterocycles. The van der Waals surface area contributed by atoms with E-state index >= 15 is 0 Å². The van der Waals surface area contributed by atoms with Crippen molar-refractivity contribution in [2.75, 3.05) is 0 Å². The zero-order valence-electron chi connectivity index (χ0n) is 10.4. The van der Waals surface area contributed by atoms with Crippen LogP contribution in [0, 0.1) is 5.82 Å². The maximum absolute atomic E-state index is 13.0. The Morgan fingerprint density at radius 1 is 1.43 bits per heavy atom.